The van der Waals surface area contributed by atoms with Crippen LogP contribution in [0, 0.1) is 12.8 Å². The lowest BCUT2D eigenvalue weighted by molar-refractivity contribution is 0.0961. The number of aromatic hydroxyl groups is 1. The maximum atomic E-state index is 12.7. The molecule has 0 spiro atoms. The van der Waals surface area contributed by atoms with Gasteiger partial charge in [0.15, 0.2) is 5.78 Å². The number of Topliss-reactive ketones (excluding diaryl/α,β-unsaturated/α-hetero) is 1. The van der Waals surface area contributed by atoms with Crippen molar-refractivity contribution in [2.24, 2.45) is 5.92 Å². The zero-order valence-corrected chi connectivity index (χ0v) is 14.0. The van der Waals surface area contributed by atoms with Crippen molar-refractivity contribution in [1.29, 1.82) is 0 Å². The van der Waals surface area contributed by atoms with Crippen LogP contribution in [0.15, 0.2) is 47.0 Å². The summed E-state index contributed by atoms with van der Waals surface area (Å²) in [6, 6.07) is 11.2. The van der Waals surface area contributed by atoms with Crippen LogP contribution in [0.5, 0.6) is 5.75 Å². The summed E-state index contributed by atoms with van der Waals surface area (Å²) in [6.45, 7) is 2.61. The molecule has 2 aromatic carbocycles. The molecule has 5 nitrogen and oxygen atoms in total. The number of hydrogen-bond donors (Lipinski definition) is 2. The van der Waals surface area contributed by atoms with E-state index in [1.807, 2.05) is 37.3 Å². The zero-order chi connectivity index (χ0) is 17.4. The Hall–Kier alpha value is -2.66. The van der Waals surface area contributed by atoms with Gasteiger partial charge in [0, 0.05) is 11.8 Å². The number of benzene rings is 2. The third-order valence-electron chi connectivity index (χ3n) is 4.83. The topological polar surface area (TPSA) is 75.4 Å². The lowest BCUT2D eigenvalue weighted by atomic mass is 9.94. The van der Waals surface area contributed by atoms with Gasteiger partial charge >= 0.3 is 0 Å². The summed E-state index contributed by atoms with van der Waals surface area (Å²) in [6.07, 6.45) is 2.91. The zero-order valence-electron chi connectivity index (χ0n) is 14.0. The van der Waals surface area contributed by atoms with E-state index in [-0.39, 0.29) is 23.5 Å². The van der Waals surface area contributed by atoms with Gasteiger partial charge in [-0.1, -0.05) is 30.3 Å². The number of ketones is 1. The largest absolute Gasteiger partial charge is 0.507 e. The fourth-order valence-electron chi connectivity index (χ4n) is 3.54. The average molecular weight is 336 g/mol. The molecule has 1 aliphatic heterocycles. The number of carbonyl (C=O) groups excluding carboxylic acids is 1. The van der Waals surface area contributed by atoms with Crippen LogP contribution >= 0.6 is 0 Å². The Labute approximate surface area is 145 Å². The predicted molar refractivity (Wildman–Crippen MR) is 94.7 cm³/mol. The van der Waals surface area contributed by atoms with E-state index >= 15 is 0 Å². The van der Waals surface area contributed by atoms with Gasteiger partial charge in [0.1, 0.15) is 11.5 Å². The number of nitrogens with zero attached hydrogens (tertiary/aromatic N) is 1. The number of carbonyl (C=O) groups is 1. The first-order valence-electron chi connectivity index (χ1n) is 8.51. The Balaban J connectivity index is 1.48. The van der Waals surface area contributed by atoms with Crippen LogP contribution in [0.4, 0.5) is 0 Å². The molecule has 0 saturated carbocycles. The predicted octanol–water partition coefficient (Wildman–Crippen LogP) is 3.77. The number of aryl methyl sites for hydroxylation is 1. The monoisotopic (exact) mass is 336 g/mol. The molecule has 2 heterocycles. The molecule has 0 aliphatic carbocycles. The van der Waals surface area contributed by atoms with Gasteiger partial charge < -0.3 is 14.8 Å². The summed E-state index contributed by atoms with van der Waals surface area (Å²) in [5.74, 6) is 1.72. The fraction of sp³-hybridized carbons (Fsp3) is 0.300. The molecule has 0 unspecified atom stereocenters. The van der Waals surface area contributed by atoms with Crippen LogP contribution in [0.2, 0.25) is 0 Å². The molecule has 0 amide bonds. The van der Waals surface area contributed by atoms with Gasteiger partial charge in [-0.25, -0.2) is 4.98 Å². The van der Waals surface area contributed by atoms with Crippen molar-refractivity contribution in [1.82, 2.24) is 10.3 Å². The van der Waals surface area contributed by atoms with Gasteiger partial charge in [-0.05, 0) is 37.3 Å². The van der Waals surface area contributed by atoms with Crippen LogP contribution in [-0.4, -0.2) is 22.4 Å². The van der Waals surface area contributed by atoms with Crippen LogP contribution < -0.4 is 5.32 Å². The minimum Gasteiger partial charge on any atom is -0.507 e. The van der Waals surface area contributed by atoms with Gasteiger partial charge in [0.05, 0.1) is 17.8 Å². The van der Waals surface area contributed by atoms with E-state index in [4.69, 9.17) is 4.42 Å². The molecule has 5 heteroatoms. The Morgan fingerprint density at radius 2 is 2.16 bits per heavy atom. The number of nitrogens with one attached hydrogen (secondary N) is 1. The number of rotatable bonds is 4. The molecule has 4 rings (SSSR count). The van der Waals surface area contributed by atoms with Crippen molar-refractivity contribution in [3.8, 4) is 5.75 Å². The molecule has 25 heavy (non-hydrogen) atoms. The summed E-state index contributed by atoms with van der Waals surface area (Å²) >= 11 is 0. The molecular weight excluding hydrogens is 316 g/mol. The maximum absolute atomic E-state index is 12.7. The van der Waals surface area contributed by atoms with E-state index in [1.165, 1.54) is 0 Å². The van der Waals surface area contributed by atoms with Gasteiger partial charge in [-0.15, -0.1) is 0 Å². The molecule has 3 aromatic rings. The fourth-order valence-corrected chi connectivity index (χ4v) is 3.54. The summed E-state index contributed by atoms with van der Waals surface area (Å²) < 4.78 is 5.57. The second kappa shape index (κ2) is 6.33. The second-order valence-electron chi connectivity index (χ2n) is 6.68. The molecule has 1 aromatic heterocycles. The van der Waals surface area contributed by atoms with E-state index in [9.17, 15) is 9.90 Å². The highest BCUT2D eigenvalue weighted by Gasteiger charge is 2.30. The highest BCUT2D eigenvalue weighted by molar-refractivity contribution is 6.04. The first-order valence-corrected chi connectivity index (χ1v) is 8.51. The number of phenolic OH excluding ortho intramolecular Hbond substituents is 1. The Kier molecular flexibility index (Phi) is 4.01. The standard InChI is InChI=1S/C20H20N2O3/c1-12-10-22-20(25-12)17-8-13(11-21-17)9-18(23)16-7-6-14-4-2-3-5-15(14)19(16)24/h2-7,10,13,17,21,24H,8-9,11H2,1H3/t13-,17+/m1/s1. The number of oxazole rings is 1. The van der Waals surface area contributed by atoms with Crippen molar-refractivity contribution >= 4 is 16.6 Å². The minimum absolute atomic E-state index is 0.0284. The van der Waals surface area contributed by atoms with E-state index in [0.29, 0.717) is 23.3 Å². The SMILES string of the molecule is Cc1cnc([C@@H]2C[C@H](CC(=O)c3ccc4ccccc4c3O)CN2)o1. The minimum atomic E-state index is -0.0284. The molecule has 2 N–H and O–H groups in total. The Morgan fingerprint density at radius 1 is 1.32 bits per heavy atom. The number of aromatic nitrogens is 1. The number of hydrogen-bond acceptors (Lipinski definition) is 5. The quantitative estimate of drug-likeness (QED) is 0.710. The maximum Gasteiger partial charge on any atom is 0.211 e. The summed E-state index contributed by atoms with van der Waals surface area (Å²) in [7, 11) is 0. The highest BCUT2D eigenvalue weighted by Crippen LogP contribution is 2.33. The lowest BCUT2D eigenvalue weighted by Gasteiger charge is -2.10. The molecule has 0 bridgehead atoms. The highest BCUT2D eigenvalue weighted by atomic mass is 16.4. The van der Waals surface area contributed by atoms with Gasteiger partial charge in [-0.3, -0.25) is 4.79 Å². The molecule has 2 atom stereocenters. The van der Waals surface area contributed by atoms with Crippen molar-refractivity contribution in [2.45, 2.75) is 25.8 Å². The van der Waals surface area contributed by atoms with Crippen LogP contribution in [0.1, 0.15) is 40.9 Å². The Bertz CT molecular complexity index is 932. The molecule has 1 saturated heterocycles. The van der Waals surface area contributed by atoms with E-state index in [1.54, 1.807) is 12.3 Å². The molecule has 1 fully saturated rings. The summed E-state index contributed by atoms with van der Waals surface area (Å²) in [5.41, 5.74) is 0.397. The molecule has 1 aliphatic rings. The molecule has 0 radical (unpaired) electrons. The first-order chi connectivity index (χ1) is 12.1. The smallest absolute Gasteiger partial charge is 0.211 e. The summed E-state index contributed by atoms with van der Waals surface area (Å²) in [5, 5.41) is 15.5. The average Bonchev–Trinajstić information content (AvgIpc) is 3.24. The first kappa shape index (κ1) is 15.8. The third kappa shape index (κ3) is 3.03. The molecular formula is C20H20N2O3. The van der Waals surface area contributed by atoms with Crippen molar-refractivity contribution in [3.63, 3.8) is 0 Å². The van der Waals surface area contributed by atoms with Crippen molar-refractivity contribution in [3.05, 3.63) is 59.8 Å². The lowest BCUT2D eigenvalue weighted by Crippen LogP contribution is -2.15. The normalized spacial score (nSPS) is 20.2. The number of fused-ring (bicyclic) bond motifs is 1. The van der Waals surface area contributed by atoms with Crippen LogP contribution in [0.25, 0.3) is 10.8 Å². The van der Waals surface area contributed by atoms with Crippen LogP contribution in [0.3, 0.4) is 0 Å². The van der Waals surface area contributed by atoms with E-state index < -0.39 is 0 Å². The van der Waals surface area contributed by atoms with Gasteiger partial charge in [0.2, 0.25) is 5.89 Å². The van der Waals surface area contributed by atoms with E-state index in [2.05, 4.69) is 10.3 Å². The molecule has 128 valence electrons. The van der Waals surface area contributed by atoms with Crippen molar-refractivity contribution < 1.29 is 14.3 Å². The van der Waals surface area contributed by atoms with Crippen molar-refractivity contribution in [2.75, 3.05) is 6.54 Å². The van der Waals surface area contributed by atoms with E-state index in [0.717, 1.165) is 24.1 Å². The van der Waals surface area contributed by atoms with Gasteiger partial charge in [-0.2, -0.15) is 0 Å². The second-order valence-corrected chi connectivity index (χ2v) is 6.68. The number of phenols is 1. The van der Waals surface area contributed by atoms with Gasteiger partial charge in [0.25, 0.3) is 0 Å². The summed E-state index contributed by atoms with van der Waals surface area (Å²) in [4.78, 5) is 16.9. The Morgan fingerprint density at radius 3 is 2.96 bits per heavy atom. The third-order valence-corrected chi connectivity index (χ3v) is 4.83. The van der Waals surface area contributed by atoms with Crippen LogP contribution in [-0.2, 0) is 0 Å².